The molecule has 1 N–H and O–H groups in total. The predicted molar refractivity (Wildman–Crippen MR) is 125 cm³/mol. The molecule has 0 bridgehead atoms. The molecule has 168 valence electrons. The van der Waals surface area contributed by atoms with Crippen molar-refractivity contribution in [2.45, 2.75) is 32.3 Å². The fourth-order valence-electron chi connectivity index (χ4n) is 3.24. The van der Waals surface area contributed by atoms with E-state index in [0.717, 1.165) is 23.4 Å². The van der Waals surface area contributed by atoms with Gasteiger partial charge in [-0.2, -0.15) is 9.61 Å². The average Bonchev–Trinajstić information content (AvgIpc) is 3.57. The van der Waals surface area contributed by atoms with Crippen molar-refractivity contribution in [3.8, 4) is 11.5 Å². The Balaban J connectivity index is 1.19. The smallest absolute Gasteiger partial charge is 0.275 e. The van der Waals surface area contributed by atoms with Gasteiger partial charge in [-0.25, -0.2) is 4.98 Å². The summed E-state index contributed by atoms with van der Waals surface area (Å²) in [6.07, 6.45) is 2.24. The molecule has 2 aromatic carbocycles. The summed E-state index contributed by atoms with van der Waals surface area (Å²) in [5.74, 6) is 1.39. The van der Waals surface area contributed by atoms with E-state index in [4.69, 9.17) is 9.47 Å². The van der Waals surface area contributed by atoms with E-state index in [2.05, 4.69) is 15.4 Å². The molecule has 0 saturated heterocycles. The van der Waals surface area contributed by atoms with Crippen LogP contribution in [0.15, 0.2) is 59.4 Å². The van der Waals surface area contributed by atoms with E-state index in [1.807, 2.05) is 31.2 Å². The SMILES string of the molecule is Cc1ccc(OCC(=O)Nc2cccc(OCc3cc(=O)n4nc(C5CC5)sc4n3)c2)cc1. The summed E-state index contributed by atoms with van der Waals surface area (Å²) in [5, 5.41) is 8.14. The molecule has 2 aromatic heterocycles. The van der Waals surface area contributed by atoms with Gasteiger partial charge >= 0.3 is 0 Å². The van der Waals surface area contributed by atoms with Crippen molar-refractivity contribution < 1.29 is 14.3 Å². The van der Waals surface area contributed by atoms with E-state index in [1.165, 1.54) is 21.9 Å². The zero-order chi connectivity index (χ0) is 22.8. The second-order valence-corrected chi connectivity index (χ2v) is 8.95. The zero-order valence-corrected chi connectivity index (χ0v) is 18.8. The second kappa shape index (κ2) is 9.03. The van der Waals surface area contributed by atoms with Crippen LogP contribution in [-0.4, -0.2) is 27.1 Å². The van der Waals surface area contributed by atoms with Crippen LogP contribution in [0, 0.1) is 6.92 Å². The van der Waals surface area contributed by atoms with Gasteiger partial charge in [0.25, 0.3) is 11.5 Å². The molecule has 33 heavy (non-hydrogen) atoms. The van der Waals surface area contributed by atoms with E-state index < -0.39 is 0 Å². The summed E-state index contributed by atoms with van der Waals surface area (Å²) in [7, 11) is 0. The maximum Gasteiger partial charge on any atom is 0.275 e. The van der Waals surface area contributed by atoms with Crippen molar-refractivity contribution in [3.63, 3.8) is 0 Å². The molecule has 4 aromatic rings. The highest BCUT2D eigenvalue weighted by atomic mass is 32.1. The normalized spacial score (nSPS) is 13.1. The van der Waals surface area contributed by atoms with Crippen molar-refractivity contribution in [2.24, 2.45) is 0 Å². The van der Waals surface area contributed by atoms with Gasteiger partial charge in [-0.05, 0) is 44.0 Å². The Labute approximate surface area is 193 Å². The average molecular weight is 463 g/mol. The number of rotatable bonds is 8. The predicted octanol–water partition coefficient (Wildman–Crippen LogP) is 3.93. The fraction of sp³-hybridized carbons (Fsp3) is 0.250. The van der Waals surface area contributed by atoms with Crippen LogP contribution in [0.1, 0.15) is 35.0 Å². The summed E-state index contributed by atoms with van der Waals surface area (Å²) in [6.45, 7) is 2.03. The van der Waals surface area contributed by atoms with Crippen molar-refractivity contribution in [1.29, 1.82) is 0 Å². The number of nitrogens with one attached hydrogen (secondary N) is 1. The van der Waals surface area contributed by atoms with Gasteiger partial charge in [-0.15, -0.1) is 0 Å². The lowest BCUT2D eigenvalue weighted by molar-refractivity contribution is -0.118. The summed E-state index contributed by atoms with van der Waals surface area (Å²) in [5.41, 5.74) is 2.03. The topological polar surface area (TPSA) is 94.8 Å². The molecule has 0 unspecified atom stereocenters. The fourth-order valence-corrected chi connectivity index (χ4v) is 4.33. The van der Waals surface area contributed by atoms with Gasteiger partial charge in [-0.1, -0.05) is 35.1 Å². The number of benzene rings is 2. The van der Waals surface area contributed by atoms with Gasteiger partial charge in [-0.3, -0.25) is 9.59 Å². The highest BCUT2D eigenvalue weighted by Crippen LogP contribution is 2.41. The van der Waals surface area contributed by atoms with Crippen molar-refractivity contribution in [2.75, 3.05) is 11.9 Å². The zero-order valence-electron chi connectivity index (χ0n) is 18.0. The van der Waals surface area contributed by atoms with Crippen LogP contribution in [0.5, 0.6) is 11.5 Å². The molecule has 1 amide bonds. The number of aromatic nitrogens is 3. The number of aryl methyl sites for hydroxylation is 1. The Morgan fingerprint density at radius 2 is 1.94 bits per heavy atom. The third-order valence-electron chi connectivity index (χ3n) is 5.14. The van der Waals surface area contributed by atoms with Crippen LogP contribution in [0.2, 0.25) is 0 Å². The monoisotopic (exact) mass is 462 g/mol. The molecule has 0 aliphatic heterocycles. The number of hydrogen-bond donors (Lipinski definition) is 1. The van der Waals surface area contributed by atoms with Crippen LogP contribution in [-0.2, 0) is 11.4 Å². The highest BCUT2D eigenvalue weighted by Gasteiger charge is 2.28. The molecule has 9 heteroatoms. The van der Waals surface area contributed by atoms with Crippen LogP contribution in [0.4, 0.5) is 5.69 Å². The Kier molecular flexibility index (Phi) is 5.78. The lowest BCUT2D eigenvalue weighted by atomic mass is 10.2. The quantitative estimate of drug-likeness (QED) is 0.426. The minimum atomic E-state index is -0.274. The highest BCUT2D eigenvalue weighted by molar-refractivity contribution is 7.16. The van der Waals surface area contributed by atoms with Crippen LogP contribution in [0.3, 0.4) is 0 Å². The molecule has 0 radical (unpaired) electrons. The van der Waals surface area contributed by atoms with Crippen molar-refractivity contribution in [1.82, 2.24) is 14.6 Å². The first-order chi connectivity index (χ1) is 16.0. The van der Waals surface area contributed by atoms with Gasteiger partial charge in [0.05, 0.1) is 5.69 Å². The summed E-state index contributed by atoms with van der Waals surface area (Å²) in [4.78, 5) is 29.7. The van der Waals surface area contributed by atoms with E-state index in [1.54, 1.807) is 24.3 Å². The minimum Gasteiger partial charge on any atom is -0.487 e. The molecule has 1 aliphatic carbocycles. The van der Waals surface area contributed by atoms with Gasteiger partial charge in [0, 0.05) is 23.7 Å². The molecule has 0 atom stereocenters. The summed E-state index contributed by atoms with van der Waals surface area (Å²) >= 11 is 1.46. The largest absolute Gasteiger partial charge is 0.487 e. The first-order valence-electron chi connectivity index (χ1n) is 10.7. The van der Waals surface area contributed by atoms with Gasteiger partial charge < -0.3 is 14.8 Å². The Bertz CT molecular complexity index is 1360. The van der Waals surface area contributed by atoms with Gasteiger partial charge in [0.1, 0.15) is 23.1 Å². The Hall–Kier alpha value is -3.72. The van der Waals surface area contributed by atoms with Crippen LogP contribution in [0.25, 0.3) is 4.96 Å². The molecule has 8 nitrogen and oxygen atoms in total. The Morgan fingerprint density at radius 3 is 2.73 bits per heavy atom. The number of hydrogen-bond acceptors (Lipinski definition) is 7. The van der Waals surface area contributed by atoms with Crippen LogP contribution >= 0.6 is 11.3 Å². The third-order valence-corrected chi connectivity index (χ3v) is 6.21. The maximum atomic E-state index is 12.4. The first kappa shape index (κ1) is 21.1. The maximum absolute atomic E-state index is 12.4. The molecule has 1 fully saturated rings. The van der Waals surface area contributed by atoms with E-state index in [0.29, 0.717) is 33.8 Å². The van der Waals surface area contributed by atoms with Crippen LogP contribution < -0.4 is 20.3 Å². The Morgan fingerprint density at radius 1 is 1.12 bits per heavy atom. The minimum absolute atomic E-state index is 0.0975. The second-order valence-electron chi connectivity index (χ2n) is 7.96. The van der Waals surface area contributed by atoms with Gasteiger partial charge in [0.2, 0.25) is 4.96 Å². The van der Waals surface area contributed by atoms with E-state index in [-0.39, 0.29) is 24.7 Å². The number of anilines is 1. The molecule has 1 saturated carbocycles. The lowest BCUT2D eigenvalue weighted by Crippen LogP contribution is -2.20. The summed E-state index contributed by atoms with van der Waals surface area (Å²) in [6, 6.07) is 16.0. The van der Waals surface area contributed by atoms with Crippen molar-refractivity contribution in [3.05, 3.63) is 81.2 Å². The number of nitrogens with zero attached hydrogens (tertiary/aromatic N) is 3. The number of carbonyl (C=O) groups is 1. The van der Waals surface area contributed by atoms with E-state index >= 15 is 0 Å². The van der Waals surface area contributed by atoms with Crippen molar-refractivity contribution >= 4 is 27.9 Å². The van der Waals surface area contributed by atoms with E-state index in [9.17, 15) is 9.59 Å². The summed E-state index contributed by atoms with van der Waals surface area (Å²) < 4.78 is 12.7. The number of ether oxygens (including phenoxy) is 2. The first-order valence-corrected chi connectivity index (χ1v) is 11.5. The molecule has 0 spiro atoms. The molecule has 1 aliphatic rings. The third kappa shape index (κ3) is 5.20. The molecular formula is C24H22N4O4S. The standard InChI is InChI=1S/C24H22N4O4S/c1-15-5-9-19(10-6-15)32-14-21(29)25-17-3-2-4-20(11-17)31-13-18-12-22(30)28-24(26-18)33-23(27-28)16-7-8-16/h2-6,9-12,16H,7-8,13-14H2,1H3,(H,25,29). The number of amides is 1. The molecular weight excluding hydrogens is 440 g/mol. The number of carbonyl (C=O) groups excluding carboxylic acids is 1. The molecule has 5 rings (SSSR count). The number of fused-ring (bicyclic) bond motifs is 1. The molecule has 2 heterocycles. The van der Waals surface area contributed by atoms with Gasteiger partial charge in [0.15, 0.2) is 6.61 Å². The lowest BCUT2D eigenvalue weighted by Gasteiger charge is -2.10.